The van der Waals surface area contributed by atoms with E-state index in [4.69, 9.17) is 16.3 Å². The zero-order valence-corrected chi connectivity index (χ0v) is 15.9. The number of thioether (sulfide) groups is 1. The molecule has 0 aromatic heterocycles. The highest BCUT2D eigenvalue weighted by Crippen LogP contribution is 2.57. The first kappa shape index (κ1) is 18.1. The van der Waals surface area contributed by atoms with E-state index in [-0.39, 0.29) is 23.7 Å². The lowest BCUT2D eigenvalue weighted by Crippen LogP contribution is -2.53. The van der Waals surface area contributed by atoms with E-state index in [1.165, 1.54) is 11.8 Å². The third kappa shape index (κ3) is 2.80. The van der Waals surface area contributed by atoms with Gasteiger partial charge in [0.1, 0.15) is 17.7 Å². The predicted octanol–water partition coefficient (Wildman–Crippen LogP) is 4.58. The van der Waals surface area contributed by atoms with E-state index in [1.807, 2.05) is 0 Å². The molecule has 8 heteroatoms. The molecule has 0 unspecified atom stereocenters. The van der Waals surface area contributed by atoms with Crippen LogP contribution in [0.3, 0.4) is 0 Å². The molecule has 2 aliphatic heterocycles. The Hall–Kier alpha value is -1.31. The van der Waals surface area contributed by atoms with Crippen LogP contribution in [0.4, 0.5) is 8.78 Å². The first-order valence-corrected chi connectivity index (χ1v) is 11.0. The number of benzene rings is 2. The fraction of sp³-hybridized carbons (Fsp3) is 0.333. The highest BCUT2D eigenvalue weighted by Gasteiger charge is 2.56. The van der Waals surface area contributed by atoms with Gasteiger partial charge in [0.25, 0.3) is 0 Å². The summed E-state index contributed by atoms with van der Waals surface area (Å²) in [7, 11) is -3.50. The van der Waals surface area contributed by atoms with Gasteiger partial charge in [-0.1, -0.05) is 11.6 Å². The summed E-state index contributed by atoms with van der Waals surface area (Å²) in [5.41, 5.74) is 0.0111. The quantitative estimate of drug-likeness (QED) is 0.719. The van der Waals surface area contributed by atoms with Crippen LogP contribution in [0.5, 0.6) is 5.75 Å². The van der Waals surface area contributed by atoms with Crippen molar-refractivity contribution in [1.82, 2.24) is 0 Å². The van der Waals surface area contributed by atoms with Gasteiger partial charge in [-0.05, 0) is 49.2 Å². The number of fused-ring (bicyclic) bond motifs is 3. The molecule has 2 heterocycles. The Morgan fingerprint density at radius 1 is 1.12 bits per heavy atom. The molecule has 0 bridgehead atoms. The van der Waals surface area contributed by atoms with Crippen molar-refractivity contribution in [3.8, 4) is 5.75 Å². The van der Waals surface area contributed by atoms with Crippen molar-refractivity contribution >= 4 is 33.2 Å². The third-order valence-corrected chi connectivity index (χ3v) is 9.13. The molecule has 2 aromatic carbocycles. The number of hydrogen-bond donors (Lipinski definition) is 0. The van der Waals surface area contributed by atoms with Gasteiger partial charge < -0.3 is 4.74 Å². The standard InChI is InChI=1S/C18H15ClF2O3S2/c19-11-2-4-12(5-3-11)25-18-8-1-9-26(22,23)15(18)10-24-17-14(21)7-6-13(20)16(17)18/h2-7,15H,1,8-10H2/t15-,18+/m1/s1. The summed E-state index contributed by atoms with van der Waals surface area (Å²) >= 11 is 7.18. The molecule has 2 atom stereocenters. The van der Waals surface area contributed by atoms with Crippen LogP contribution in [-0.4, -0.2) is 26.0 Å². The average molecular weight is 417 g/mol. The van der Waals surface area contributed by atoms with Crippen LogP contribution < -0.4 is 4.74 Å². The number of hydrogen-bond acceptors (Lipinski definition) is 4. The number of sulfone groups is 1. The summed E-state index contributed by atoms with van der Waals surface area (Å²) in [6.45, 7) is -0.184. The van der Waals surface area contributed by atoms with Gasteiger partial charge in [-0.2, -0.15) is 0 Å². The first-order valence-electron chi connectivity index (χ1n) is 8.11. The Morgan fingerprint density at radius 3 is 2.54 bits per heavy atom. The minimum atomic E-state index is -3.50. The van der Waals surface area contributed by atoms with E-state index in [1.54, 1.807) is 24.3 Å². The van der Waals surface area contributed by atoms with Gasteiger partial charge in [0.2, 0.25) is 0 Å². The number of ether oxygens (including phenoxy) is 1. The molecule has 0 saturated carbocycles. The van der Waals surface area contributed by atoms with Gasteiger partial charge in [0.05, 0.1) is 16.1 Å². The molecule has 4 rings (SSSR count). The topological polar surface area (TPSA) is 43.4 Å². The SMILES string of the molecule is O=S1(=O)CCC[C@@]2(Sc3ccc(Cl)cc3)c3c(F)ccc(F)c3OC[C@H]21. The minimum absolute atomic E-state index is 0.0111. The van der Waals surface area contributed by atoms with Gasteiger partial charge in [0, 0.05) is 9.92 Å². The lowest BCUT2D eigenvalue weighted by Gasteiger charge is -2.46. The highest BCUT2D eigenvalue weighted by molar-refractivity contribution is 8.02. The lowest BCUT2D eigenvalue weighted by molar-refractivity contribution is 0.230. The molecule has 0 aliphatic carbocycles. The normalized spacial score (nSPS) is 26.5. The Labute approximate surface area is 159 Å². The molecule has 0 spiro atoms. The van der Waals surface area contributed by atoms with Crippen molar-refractivity contribution < 1.29 is 21.9 Å². The van der Waals surface area contributed by atoms with Crippen LogP contribution >= 0.6 is 23.4 Å². The van der Waals surface area contributed by atoms with Crippen molar-refractivity contribution in [2.45, 2.75) is 27.7 Å². The molecule has 1 fully saturated rings. The Bertz CT molecular complexity index is 963. The molecule has 0 amide bonds. The van der Waals surface area contributed by atoms with Gasteiger partial charge in [0.15, 0.2) is 21.4 Å². The molecule has 2 aliphatic rings. The van der Waals surface area contributed by atoms with Gasteiger partial charge in [-0.15, -0.1) is 11.8 Å². The van der Waals surface area contributed by atoms with E-state index in [2.05, 4.69) is 0 Å². The first-order chi connectivity index (χ1) is 12.3. The number of halogens is 3. The average Bonchev–Trinajstić information content (AvgIpc) is 2.59. The second-order valence-electron chi connectivity index (χ2n) is 6.45. The molecular formula is C18H15ClF2O3S2. The van der Waals surface area contributed by atoms with Crippen LogP contribution in [0, 0.1) is 11.6 Å². The van der Waals surface area contributed by atoms with Crippen molar-refractivity contribution in [2.24, 2.45) is 0 Å². The third-order valence-electron chi connectivity index (χ3n) is 4.91. The maximum atomic E-state index is 14.8. The summed E-state index contributed by atoms with van der Waals surface area (Å²) in [5, 5.41) is -0.391. The zero-order chi connectivity index (χ0) is 18.5. The molecule has 2 aromatic rings. The van der Waals surface area contributed by atoms with Gasteiger partial charge in [-0.25, -0.2) is 17.2 Å². The van der Waals surface area contributed by atoms with Crippen molar-refractivity contribution in [3.63, 3.8) is 0 Å². The molecule has 26 heavy (non-hydrogen) atoms. The predicted molar refractivity (Wildman–Crippen MR) is 97.6 cm³/mol. The van der Waals surface area contributed by atoms with Crippen molar-refractivity contribution in [1.29, 1.82) is 0 Å². The Morgan fingerprint density at radius 2 is 1.81 bits per heavy atom. The van der Waals surface area contributed by atoms with Crippen LogP contribution in [0.2, 0.25) is 5.02 Å². The largest absolute Gasteiger partial charge is 0.489 e. The van der Waals surface area contributed by atoms with Crippen molar-refractivity contribution in [3.05, 3.63) is 58.6 Å². The van der Waals surface area contributed by atoms with E-state index in [0.717, 1.165) is 17.0 Å². The second kappa shape index (κ2) is 6.39. The van der Waals surface area contributed by atoms with E-state index in [0.29, 0.717) is 17.9 Å². The van der Waals surface area contributed by atoms with E-state index >= 15 is 0 Å². The second-order valence-corrected chi connectivity index (χ2v) is 10.6. The van der Waals surface area contributed by atoms with Crippen LogP contribution in [0.1, 0.15) is 18.4 Å². The van der Waals surface area contributed by atoms with Gasteiger partial charge >= 0.3 is 0 Å². The maximum absolute atomic E-state index is 14.8. The van der Waals surface area contributed by atoms with Crippen LogP contribution in [0.15, 0.2) is 41.3 Å². The summed E-state index contributed by atoms with van der Waals surface area (Å²) in [6.07, 6.45) is 0.801. The fourth-order valence-corrected chi connectivity index (χ4v) is 7.83. The van der Waals surface area contributed by atoms with Crippen LogP contribution in [-0.2, 0) is 14.6 Å². The summed E-state index contributed by atoms with van der Waals surface area (Å²) < 4.78 is 58.8. The Kier molecular flexibility index (Phi) is 4.44. The van der Waals surface area contributed by atoms with Crippen molar-refractivity contribution in [2.75, 3.05) is 12.4 Å². The fourth-order valence-electron chi connectivity index (χ4n) is 3.76. The maximum Gasteiger partial charge on any atom is 0.165 e. The number of rotatable bonds is 2. The lowest BCUT2D eigenvalue weighted by atomic mass is 9.86. The van der Waals surface area contributed by atoms with E-state index < -0.39 is 31.5 Å². The molecule has 3 nitrogen and oxygen atoms in total. The molecule has 138 valence electrons. The minimum Gasteiger partial charge on any atom is -0.489 e. The summed E-state index contributed by atoms with van der Waals surface area (Å²) in [4.78, 5) is 0.744. The summed E-state index contributed by atoms with van der Waals surface area (Å²) in [6, 6.07) is 8.93. The molecular weight excluding hydrogens is 402 g/mol. The smallest absolute Gasteiger partial charge is 0.165 e. The van der Waals surface area contributed by atoms with E-state index in [9.17, 15) is 17.2 Å². The Balaban J connectivity index is 1.94. The zero-order valence-electron chi connectivity index (χ0n) is 13.5. The monoisotopic (exact) mass is 416 g/mol. The molecule has 0 radical (unpaired) electrons. The molecule has 0 N–H and O–H groups in total. The van der Waals surface area contributed by atoms with Gasteiger partial charge in [-0.3, -0.25) is 0 Å². The highest BCUT2D eigenvalue weighted by atomic mass is 35.5. The summed E-state index contributed by atoms with van der Waals surface area (Å²) in [5.74, 6) is -1.49. The molecule has 1 saturated heterocycles. The van der Waals surface area contributed by atoms with Crippen LogP contribution in [0.25, 0.3) is 0 Å².